The molecule has 2 amide bonds. The molecule has 0 aromatic heterocycles. The molecule has 15 heteroatoms. The SMILES string of the molecule is CCN(C(=O)COc1cc2c(O)c3c(O)c(C)c4c(c13)C(=O)[C@@](C)(O/C=C/[C@H](OC)[C@H](C)[C@@H](OC(C)=O)[C@@H](C)[C@H](O)[C@H](C)[C@@H](O)[C@@H](C)/C=C/C=C(/C)C(=O)N2)O4)c1ccccc1. The molecule has 15 nitrogen and oxygen atoms in total. The molecule has 5 bridgehead atoms. The zero-order chi connectivity index (χ0) is 45.8. The van der Waals surface area contributed by atoms with Gasteiger partial charge in [-0.2, -0.15) is 0 Å². The summed E-state index contributed by atoms with van der Waals surface area (Å²) in [5.74, 6) is -8.24. The van der Waals surface area contributed by atoms with Crippen LogP contribution in [0, 0.1) is 30.6 Å². The van der Waals surface area contributed by atoms with Crippen LogP contribution in [0.25, 0.3) is 10.8 Å². The van der Waals surface area contributed by atoms with Crippen molar-refractivity contribution in [1.29, 1.82) is 0 Å². The number of likely N-dealkylation sites (N-methyl/N-ethyl adjacent to an activating group) is 1. The standard InChI is InChI=1S/C47H58N2O13/c1-11-49(31-18-13-12-14-19-31)35(51)23-59-34-22-32-42(55)37-36(34)38-44(29(7)41(37)54)62-47(9,45(38)56)60-21-20-33(58-10)26(4)43(61-30(8)50)28(6)40(53)27(5)39(52)24(2)16-15-17-25(3)46(57)48-32/h12-22,24,26-28,33,39-40,43,52-55H,11,23H2,1-10H3,(H,48,57)/b16-15+,21-20+,25-17-/t24-,26-,27+,28-,33-,39-,40+,43+,47-/m0/s1. The minimum atomic E-state index is -2.04. The van der Waals surface area contributed by atoms with Crippen LogP contribution < -0.4 is 19.7 Å². The van der Waals surface area contributed by atoms with Crippen molar-refractivity contribution in [3.63, 3.8) is 0 Å². The van der Waals surface area contributed by atoms with Crippen molar-refractivity contribution in [3.05, 3.63) is 83.7 Å². The Hall–Kier alpha value is -5.90. The Balaban J connectivity index is 1.67. The highest BCUT2D eigenvalue weighted by Crippen LogP contribution is 2.54. The van der Waals surface area contributed by atoms with Gasteiger partial charge in [0.2, 0.25) is 0 Å². The number of aliphatic hydroxyl groups excluding tert-OH is 2. The number of amides is 2. The maximum Gasteiger partial charge on any atom is 0.312 e. The fourth-order valence-electron chi connectivity index (χ4n) is 8.08. The summed E-state index contributed by atoms with van der Waals surface area (Å²) in [6.07, 6.45) is 3.55. The molecule has 0 spiro atoms. The molecule has 3 aliphatic rings. The molecule has 0 unspecified atom stereocenters. The van der Waals surface area contributed by atoms with E-state index >= 15 is 0 Å². The summed E-state index contributed by atoms with van der Waals surface area (Å²) < 4.78 is 29.9. The van der Waals surface area contributed by atoms with Gasteiger partial charge in [0.05, 0.1) is 41.2 Å². The number of nitrogens with zero attached hydrogens (tertiary/aromatic N) is 1. The molecule has 334 valence electrons. The largest absolute Gasteiger partial charge is 0.507 e. The number of phenolic OH excluding ortho intramolecular Hbond substituents is 2. The van der Waals surface area contributed by atoms with Gasteiger partial charge in [-0.25, -0.2) is 0 Å². The Bertz CT molecular complexity index is 2270. The van der Waals surface area contributed by atoms with Crippen molar-refractivity contribution >= 4 is 45.7 Å². The lowest BCUT2D eigenvalue weighted by molar-refractivity contribution is -0.160. The summed E-state index contributed by atoms with van der Waals surface area (Å²) in [5, 5.41) is 48.6. The third kappa shape index (κ3) is 9.44. The number of allylic oxidation sites excluding steroid dienone is 2. The van der Waals surface area contributed by atoms with Gasteiger partial charge in [-0.3, -0.25) is 19.2 Å². The van der Waals surface area contributed by atoms with Gasteiger partial charge < -0.3 is 54.3 Å². The van der Waals surface area contributed by atoms with E-state index in [2.05, 4.69) is 5.32 Å². The van der Waals surface area contributed by atoms with E-state index in [9.17, 15) is 39.6 Å². The highest BCUT2D eigenvalue weighted by molar-refractivity contribution is 6.21. The van der Waals surface area contributed by atoms with Crippen LogP contribution >= 0.6 is 0 Å². The topological polar surface area (TPSA) is 211 Å². The van der Waals surface area contributed by atoms with Gasteiger partial charge >= 0.3 is 11.8 Å². The van der Waals surface area contributed by atoms with Crippen LogP contribution in [0.1, 0.15) is 71.3 Å². The summed E-state index contributed by atoms with van der Waals surface area (Å²) in [4.78, 5) is 55.8. The van der Waals surface area contributed by atoms with E-state index in [0.717, 1.165) is 0 Å². The predicted octanol–water partition coefficient (Wildman–Crippen LogP) is 6.48. The van der Waals surface area contributed by atoms with Crippen LogP contribution in [0.3, 0.4) is 0 Å². The minimum Gasteiger partial charge on any atom is -0.507 e. The Morgan fingerprint density at radius 3 is 2.24 bits per heavy atom. The monoisotopic (exact) mass is 858 g/mol. The van der Waals surface area contributed by atoms with Gasteiger partial charge in [0.1, 0.15) is 23.4 Å². The number of ether oxygens (including phenoxy) is 5. The molecule has 3 aromatic rings. The number of benzene rings is 3. The third-order valence-corrected chi connectivity index (χ3v) is 11.9. The van der Waals surface area contributed by atoms with Crippen LogP contribution in [0.2, 0.25) is 0 Å². The molecule has 6 rings (SSSR count). The van der Waals surface area contributed by atoms with Crippen molar-refractivity contribution in [2.24, 2.45) is 23.7 Å². The fraction of sp³-hybridized carbons (Fsp3) is 0.447. The lowest BCUT2D eigenvalue weighted by atomic mass is 9.78. The second-order valence-electron chi connectivity index (χ2n) is 16.2. The zero-order valence-electron chi connectivity index (χ0n) is 36.8. The number of methoxy groups -OCH3 is 1. The van der Waals surface area contributed by atoms with E-state index in [0.29, 0.717) is 12.2 Å². The highest BCUT2D eigenvalue weighted by Gasteiger charge is 2.50. The number of aliphatic hydroxyl groups is 2. The maximum atomic E-state index is 14.6. The van der Waals surface area contributed by atoms with Gasteiger partial charge in [-0.05, 0) is 39.0 Å². The Morgan fingerprint density at radius 2 is 1.61 bits per heavy atom. The molecule has 0 saturated heterocycles. The number of ketones is 1. The van der Waals surface area contributed by atoms with E-state index in [-0.39, 0.29) is 44.7 Å². The Morgan fingerprint density at radius 1 is 0.935 bits per heavy atom. The first-order chi connectivity index (χ1) is 29.3. The first-order valence-electron chi connectivity index (χ1n) is 20.6. The van der Waals surface area contributed by atoms with E-state index in [1.54, 1.807) is 71.0 Å². The molecular formula is C47H58N2O13. The molecule has 0 fully saturated rings. The average molecular weight is 859 g/mol. The minimum absolute atomic E-state index is 0.0663. The number of esters is 1. The molecule has 9 atom stereocenters. The van der Waals surface area contributed by atoms with E-state index < -0.39 is 95.5 Å². The van der Waals surface area contributed by atoms with E-state index in [1.165, 1.54) is 64.2 Å². The maximum absolute atomic E-state index is 14.6. The second-order valence-corrected chi connectivity index (χ2v) is 16.2. The van der Waals surface area contributed by atoms with Crippen molar-refractivity contribution < 1.29 is 63.3 Å². The number of rotatable bonds is 7. The van der Waals surface area contributed by atoms with E-state index in [1.807, 2.05) is 6.07 Å². The number of carbonyl (C=O) groups excluding carboxylic acids is 4. The number of hydrogen-bond donors (Lipinski definition) is 5. The van der Waals surface area contributed by atoms with Crippen molar-refractivity contribution in [1.82, 2.24) is 0 Å². The van der Waals surface area contributed by atoms with Crippen LogP contribution in [-0.4, -0.2) is 94.5 Å². The molecule has 5 N–H and O–H groups in total. The number of para-hydroxylation sites is 1. The molecule has 0 saturated carbocycles. The molecule has 3 aromatic carbocycles. The molecule has 62 heavy (non-hydrogen) atoms. The highest BCUT2D eigenvalue weighted by atomic mass is 16.7. The number of fused-ring (bicyclic) bond motifs is 14. The molecule has 3 aliphatic heterocycles. The first-order valence-corrected chi connectivity index (χ1v) is 20.6. The van der Waals surface area contributed by atoms with Crippen molar-refractivity contribution in [3.8, 4) is 23.0 Å². The van der Waals surface area contributed by atoms with Crippen LogP contribution in [-0.2, 0) is 28.6 Å². The first kappa shape index (κ1) is 47.2. The molecule has 0 radical (unpaired) electrons. The van der Waals surface area contributed by atoms with Gasteiger partial charge in [0.25, 0.3) is 17.6 Å². The van der Waals surface area contributed by atoms with Crippen molar-refractivity contribution in [2.45, 2.75) is 92.5 Å². The number of Topliss-reactive ketones (excluding diaryl/α,β-unsaturated/α-hetero) is 1. The van der Waals surface area contributed by atoms with Crippen LogP contribution in [0.4, 0.5) is 11.4 Å². The summed E-state index contributed by atoms with van der Waals surface area (Å²) >= 11 is 0. The van der Waals surface area contributed by atoms with Crippen LogP contribution in [0.15, 0.2) is 72.5 Å². The lowest BCUT2D eigenvalue weighted by Gasteiger charge is -2.38. The van der Waals surface area contributed by atoms with E-state index in [4.69, 9.17) is 23.7 Å². The molecule has 0 aliphatic carbocycles. The molecular weight excluding hydrogens is 801 g/mol. The van der Waals surface area contributed by atoms with Crippen molar-refractivity contribution in [2.75, 3.05) is 30.5 Å². The quantitative estimate of drug-likeness (QED) is 0.127. The number of phenols is 2. The normalized spacial score (nSPS) is 28.9. The fourth-order valence-corrected chi connectivity index (χ4v) is 8.08. The van der Waals surface area contributed by atoms with Gasteiger partial charge in [-0.1, -0.05) is 64.1 Å². The lowest BCUT2D eigenvalue weighted by Crippen LogP contribution is -2.46. The summed E-state index contributed by atoms with van der Waals surface area (Å²) in [6.45, 7) is 14.1. The number of nitrogens with one attached hydrogen (secondary N) is 1. The summed E-state index contributed by atoms with van der Waals surface area (Å²) in [6, 6.07) is 10.2. The Kier molecular flexibility index (Phi) is 14.8. The number of aromatic hydroxyl groups is 2. The number of anilines is 2. The van der Waals surface area contributed by atoms with Crippen LogP contribution in [0.5, 0.6) is 23.0 Å². The molecule has 3 heterocycles. The summed E-state index contributed by atoms with van der Waals surface area (Å²) in [5.41, 5.74) is 0.561. The summed E-state index contributed by atoms with van der Waals surface area (Å²) in [7, 11) is 1.44. The van der Waals surface area contributed by atoms with Gasteiger partial charge in [-0.15, -0.1) is 0 Å². The predicted molar refractivity (Wildman–Crippen MR) is 232 cm³/mol. The average Bonchev–Trinajstić information content (AvgIpc) is 3.51. The zero-order valence-corrected chi connectivity index (χ0v) is 36.8. The van der Waals surface area contributed by atoms with Gasteiger partial charge in [0.15, 0.2) is 12.4 Å². The number of carbonyl (C=O) groups is 4. The number of hydrogen-bond acceptors (Lipinski definition) is 13. The second kappa shape index (κ2) is 19.4. The third-order valence-electron chi connectivity index (χ3n) is 11.9. The smallest absolute Gasteiger partial charge is 0.312 e. The van der Waals surface area contributed by atoms with Gasteiger partial charge in [0, 0.05) is 79.5 Å². The Labute approximate surface area is 361 Å².